The average Bonchev–Trinajstić information content (AvgIpc) is 2.44. The summed E-state index contributed by atoms with van der Waals surface area (Å²) in [5.41, 5.74) is 7.15. The van der Waals surface area contributed by atoms with E-state index >= 15 is 0 Å². The van der Waals surface area contributed by atoms with Crippen molar-refractivity contribution in [3.05, 3.63) is 46.9 Å². The quantitative estimate of drug-likeness (QED) is 0.812. The molecule has 0 saturated heterocycles. The predicted octanol–water partition coefficient (Wildman–Crippen LogP) is 2.76. The molecule has 6 heteroatoms. The standard InChI is InChI=1S/C14H18N2O3S/c1-3-20(18,19)12-6-4-5-10(7-12)11-8-13(15)14(17)16(2)9-11/h4-9,18-19H,3,15H2,1-2H3. The fourth-order valence-corrected chi connectivity index (χ4v) is 2.89. The van der Waals surface area contributed by atoms with Crippen LogP contribution in [0.4, 0.5) is 5.69 Å². The monoisotopic (exact) mass is 294 g/mol. The van der Waals surface area contributed by atoms with Crippen LogP contribution in [0.25, 0.3) is 11.1 Å². The summed E-state index contributed by atoms with van der Waals surface area (Å²) in [7, 11) is -1.13. The molecule has 1 heterocycles. The molecule has 20 heavy (non-hydrogen) atoms. The first-order chi connectivity index (χ1) is 9.35. The topological polar surface area (TPSA) is 88.5 Å². The van der Waals surface area contributed by atoms with Gasteiger partial charge >= 0.3 is 0 Å². The largest absolute Gasteiger partial charge is 0.394 e. The first-order valence-corrected chi connectivity index (χ1v) is 7.89. The number of anilines is 1. The molecule has 4 N–H and O–H groups in total. The van der Waals surface area contributed by atoms with Gasteiger partial charge in [-0.2, -0.15) is 10.6 Å². The van der Waals surface area contributed by atoms with E-state index in [1.54, 1.807) is 44.4 Å². The van der Waals surface area contributed by atoms with Crippen molar-refractivity contribution in [3.63, 3.8) is 0 Å². The van der Waals surface area contributed by atoms with Crippen molar-refractivity contribution in [2.45, 2.75) is 11.8 Å². The summed E-state index contributed by atoms with van der Waals surface area (Å²) >= 11 is 0. The lowest BCUT2D eigenvalue weighted by atomic mass is 10.1. The second kappa shape index (κ2) is 5.32. The number of aromatic nitrogens is 1. The molecule has 2 rings (SSSR count). The van der Waals surface area contributed by atoms with E-state index in [0.29, 0.717) is 4.90 Å². The Bertz CT molecular complexity index is 669. The molecule has 0 fully saturated rings. The highest BCUT2D eigenvalue weighted by molar-refractivity contribution is 8.24. The molecular weight excluding hydrogens is 276 g/mol. The highest BCUT2D eigenvalue weighted by Gasteiger charge is 2.14. The number of aryl methyl sites for hydroxylation is 1. The van der Waals surface area contributed by atoms with Crippen molar-refractivity contribution in [3.8, 4) is 11.1 Å². The molecule has 0 radical (unpaired) electrons. The Kier molecular flexibility index (Phi) is 3.89. The minimum Gasteiger partial charge on any atom is -0.394 e. The molecule has 1 aromatic carbocycles. The lowest BCUT2D eigenvalue weighted by molar-refractivity contribution is 0.488. The van der Waals surface area contributed by atoms with Crippen LogP contribution in [0.1, 0.15) is 6.92 Å². The van der Waals surface area contributed by atoms with Gasteiger partial charge in [-0.15, -0.1) is 0 Å². The van der Waals surface area contributed by atoms with Gasteiger partial charge in [-0.3, -0.25) is 13.9 Å². The Morgan fingerprint density at radius 1 is 1.25 bits per heavy atom. The van der Waals surface area contributed by atoms with Crippen molar-refractivity contribution < 1.29 is 9.11 Å². The van der Waals surface area contributed by atoms with Gasteiger partial charge in [-0.25, -0.2) is 0 Å². The molecule has 0 saturated carbocycles. The predicted molar refractivity (Wildman–Crippen MR) is 83.2 cm³/mol. The SMILES string of the molecule is CCS(O)(O)c1cccc(-c2cc(N)c(=O)n(C)c2)c1. The van der Waals surface area contributed by atoms with Gasteiger partial charge in [0.2, 0.25) is 0 Å². The minimum atomic E-state index is -2.76. The number of hydrogen-bond acceptors (Lipinski definition) is 4. The molecule has 108 valence electrons. The van der Waals surface area contributed by atoms with Crippen molar-refractivity contribution in [2.24, 2.45) is 7.05 Å². The van der Waals surface area contributed by atoms with Gasteiger partial charge in [0.15, 0.2) is 0 Å². The molecule has 1 aromatic heterocycles. The molecule has 0 atom stereocenters. The van der Waals surface area contributed by atoms with Gasteiger partial charge in [0.1, 0.15) is 0 Å². The van der Waals surface area contributed by atoms with Crippen LogP contribution in [0.2, 0.25) is 0 Å². The Morgan fingerprint density at radius 3 is 2.55 bits per heavy atom. The van der Waals surface area contributed by atoms with Crippen LogP contribution in [-0.2, 0) is 7.05 Å². The van der Waals surface area contributed by atoms with Crippen LogP contribution in [0.3, 0.4) is 0 Å². The number of nitrogens with zero attached hydrogens (tertiary/aromatic N) is 1. The smallest absolute Gasteiger partial charge is 0.273 e. The van der Waals surface area contributed by atoms with Crippen molar-refractivity contribution in [2.75, 3.05) is 11.5 Å². The number of hydrogen-bond donors (Lipinski definition) is 3. The van der Waals surface area contributed by atoms with E-state index in [-0.39, 0.29) is 17.0 Å². The van der Waals surface area contributed by atoms with E-state index in [2.05, 4.69) is 0 Å². The second-order valence-electron chi connectivity index (χ2n) is 4.58. The summed E-state index contributed by atoms with van der Waals surface area (Å²) in [5, 5.41) is 0. The van der Waals surface area contributed by atoms with E-state index < -0.39 is 10.6 Å². The molecule has 0 bridgehead atoms. The van der Waals surface area contributed by atoms with Crippen LogP contribution >= 0.6 is 10.6 Å². The van der Waals surface area contributed by atoms with E-state index in [0.717, 1.165) is 11.1 Å². The van der Waals surface area contributed by atoms with Gasteiger partial charge in [-0.05, 0) is 30.7 Å². The molecule has 0 aliphatic rings. The van der Waals surface area contributed by atoms with Gasteiger partial charge in [0, 0.05) is 24.6 Å². The average molecular weight is 294 g/mol. The first-order valence-electron chi connectivity index (χ1n) is 6.17. The summed E-state index contributed by atoms with van der Waals surface area (Å²) in [6.45, 7) is 1.73. The molecule has 5 nitrogen and oxygen atoms in total. The van der Waals surface area contributed by atoms with E-state index in [4.69, 9.17) is 5.73 Å². The maximum Gasteiger partial charge on any atom is 0.273 e. The number of benzene rings is 1. The maximum atomic E-state index is 11.6. The molecule has 0 amide bonds. The van der Waals surface area contributed by atoms with Gasteiger partial charge in [0.25, 0.3) is 5.56 Å². The van der Waals surface area contributed by atoms with Crippen LogP contribution in [-0.4, -0.2) is 19.4 Å². The third-order valence-electron chi connectivity index (χ3n) is 3.16. The van der Waals surface area contributed by atoms with Gasteiger partial charge in [0.05, 0.1) is 10.6 Å². The number of pyridine rings is 1. The van der Waals surface area contributed by atoms with Crippen LogP contribution < -0.4 is 11.3 Å². The highest BCUT2D eigenvalue weighted by atomic mass is 32.3. The normalized spacial score (nSPS) is 12.4. The van der Waals surface area contributed by atoms with Crippen LogP contribution in [0.15, 0.2) is 46.2 Å². The first kappa shape index (κ1) is 14.6. The third-order valence-corrected chi connectivity index (χ3v) is 4.97. The Hall–Kier alpha value is -1.76. The zero-order valence-corrected chi connectivity index (χ0v) is 12.2. The maximum absolute atomic E-state index is 11.6. The molecular formula is C14H18N2O3S. The Morgan fingerprint density at radius 2 is 1.95 bits per heavy atom. The zero-order chi connectivity index (χ0) is 14.9. The summed E-state index contributed by atoms with van der Waals surface area (Å²) in [5.74, 6) is 0.270. The number of nitrogens with two attached hydrogens (primary N) is 1. The molecule has 0 unspecified atom stereocenters. The van der Waals surface area contributed by atoms with Gasteiger partial charge < -0.3 is 10.3 Å². The summed E-state index contributed by atoms with van der Waals surface area (Å²) in [6, 6.07) is 8.61. The fraction of sp³-hybridized carbons (Fsp3) is 0.214. The lowest BCUT2D eigenvalue weighted by Gasteiger charge is -2.31. The molecule has 0 spiro atoms. The van der Waals surface area contributed by atoms with Crippen LogP contribution in [0, 0.1) is 0 Å². The van der Waals surface area contributed by atoms with Crippen LogP contribution in [0.5, 0.6) is 0 Å². The summed E-state index contributed by atoms with van der Waals surface area (Å²) < 4.78 is 21.4. The molecule has 0 aliphatic heterocycles. The van der Waals surface area contributed by atoms with E-state index in [9.17, 15) is 13.9 Å². The van der Waals surface area contributed by atoms with Crippen molar-refractivity contribution in [1.82, 2.24) is 4.57 Å². The fourth-order valence-electron chi connectivity index (χ4n) is 1.94. The number of nitrogen functional groups attached to an aromatic ring is 1. The van der Waals surface area contributed by atoms with Crippen molar-refractivity contribution in [1.29, 1.82) is 0 Å². The Labute approximate surface area is 119 Å². The second-order valence-corrected chi connectivity index (χ2v) is 6.97. The third kappa shape index (κ3) is 2.72. The zero-order valence-electron chi connectivity index (χ0n) is 11.4. The van der Waals surface area contributed by atoms with Crippen molar-refractivity contribution >= 4 is 16.3 Å². The van der Waals surface area contributed by atoms with E-state index in [1.165, 1.54) is 4.57 Å². The highest BCUT2D eigenvalue weighted by Crippen LogP contribution is 2.48. The minimum absolute atomic E-state index is 0.164. The Balaban J connectivity index is 2.55. The summed E-state index contributed by atoms with van der Waals surface area (Å²) in [4.78, 5) is 12.1. The molecule has 0 aliphatic carbocycles. The van der Waals surface area contributed by atoms with Gasteiger partial charge in [-0.1, -0.05) is 12.1 Å². The van der Waals surface area contributed by atoms with E-state index in [1.807, 2.05) is 6.07 Å². The number of rotatable bonds is 3. The summed E-state index contributed by atoms with van der Waals surface area (Å²) in [6.07, 6.45) is 1.68. The lowest BCUT2D eigenvalue weighted by Crippen LogP contribution is -2.19. The molecule has 2 aromatic rings.